The summed E-state index contributed by atoms with van der Waals surface area (Å²) in [6.45, 7) is 6.13. The first-order valence-corrected chi connectivity index (χ1v) is 9.03. The first-order chi connectivity index (χ1) is 10.8. The molecule has 2 aliphatic rings. The van der Waals surface area contributed by atoms with Crippen LogP contribution < -0.4 is 10.6 Å². The number of anilines is 1. The van der Waals surface area contributed by atoms with Crippen molar-refractivity contribution in [3.8, 4) is 0 Å². The summed E-state index contributed by atoms with van der Waals surface area (Å²) in [5, 5.41) is 0. The molecule has 2 aliphatic heterocycles. The molecule has 0 amide bonds. The summed E-state index contributed by atoms with van der Waals surface area (Å²) in [6, 6.07) is 8.48. The Balaban J connectivity index is 0.00000192. The molecule has 0 unspecified atom stereocenters. The van der Waals surface area contributed by atoms with Gasteiger partial charge in [-0.1, -0.05) is 18.2 Å². The molecular formula is C16H25IN4OS. The van der Waals surface area contributed by atoms with Crippen molar-refractivity contribution in [1.29, 1.82) is 0 Å². The molecule has 23 heavy (non-hydrogen) atoms. The van der Waals surface area contributed by atoms with Crippen LogP contribution in [0.2, 0.25) is 0 Å². The number of thioether (sulfide) groups is 1. The molecule has 2 saturated heterocycles. The molecule has 0 saturated carbocycles. The van der Waals surface area contributed by atoms with E-state index in [0.29, 0.717) is 12.5 Å². The second-order valence-corrected chi connectivity index (χ2v) is 6.73. The number of rotatable bonds is 3. The third kappa shape index (κ3) is 5.15. The van der Waals surface area contributed by atoms with Crippen LogP contribution >= 0.6 is 35.7 Å². The van der Waals surface area contributed by atoms with Gasteiger partial charge in [-0.3, -0.25) is 0 Å². The highest BCUT2D eigenvalue weighted by Crippen LogP contribution is 2.22. The molecule has 2 N–H and O–H groups in total. The minimum atomic E-state index is 0. The molecule has 0 aliphatic carbocycles. The van der Waals surface area contributed by atoms with Gasteiger partial charge in [-0.15, -0.1) is 24.0 Å². The molecule has 0 aromatic heterocycles. The molecule has 7 heteroatoms. The van der Waals surface area contributed by atoms with Crippen molar-refractivity contribution in [3.05, 3.63) is 29.8 Å². The van der Waals surface area contributed by atoms with Crippen molar-refractivity contribution < 1.29 is 4.74 Å². The maximum Gasteiger partial charge on any atom is 0.191 e. The summed E-state index contributed by atoms with van der Waals surface area (Å²) in [7, 11) is 0. The largest absolute Gasteiger partial charge is 0.378 e. The third-order valence-corrected chi connectivity index (χ3v) is 5.03. The average Bonchev–Trinajstić information content (AvgIpc) is 2.61. The van der Waals surface area contributed by atoms with E-state index < -0.39 is 0 Å². The van der Waals surface area contributed by atoms with Crippen LogP contribution in [0, 0.1) is 0 Å². The standard InChI is InChI=1S/C16H24N4OS.HI/c17-16(20-7-11-22-12-8-20)18-13-14-3-1-2-4-15(14)19-5-9-21-10-6-19;/h1-4H,5-13H2,(H2,17,18);1H. The fourth-order valence-corrected chi connectivity index (χ4v) is 3.72. The number of hydrogen-bond acceptors (Lipinski definition) is 4. The first kappa shape index (κ1) is 18.7. The quantitative estimate of drug-likeness (QED) is 0.436. The Hall–Kier alpha value is -0.670. The van der Waals surface area contributed by atoms with Gasteiger partial charge in [-0.05, 0) is 11.6 Å². The fraction of sp³-hybridized carbons (Fsp3) is 0.562. The van der Waals surface area contributed by atoms with Gasteiger partial charge in [-0.25, -0.2) is 4.99 Å². The minimum absolute atomic E-state index is 0. The summed E-state index contributed by atoms with van der Waals surface area (Å²) in [5.74, 6) is 2.96. The van der Waals surface area contributed by atoms with Crippen molar-refractivity contribution in [3.63, 3.8) is 0 Å². The highest BCUT2D eigenvalue weighted by atomic mass is 127. The molecular weight excluding hydrogens is 423 g/mol. The molecule has 5 nitrogen and oxygen atoms in total. The zero-order valence-corrected chi connectivity index (χ0v) is 16.5. The smallest absolute Gasteiger partial charge is 0.191 e. The molecule has 0 atom stereocenters. The Kier molecular flexibility index (Phi) is 7.78. The van der Waals surface area contributed by atoms with Crippen LogP contribution in [0.3, 0.4) is 0 Å². The second-order valence-electron chi connectivity index (χ2n) is 5.50. The third-order valence-electron chi connectivity index (χ3n) is 4.09. The Morgan fingerprint density at radius 2 is 1.83 bits per heavy atom. The Morgan fingerprint density at radius 3 is 2.57 bits per heavy atom. The van der Waals surface area contributed by atoms with E-state index in [4.69, 9.17) is 10.5 Å². The molecule has 0 bridgehead atoms. The highest BCUT2D eigenvalue weighted by Gasteiger charge is 2.15. The van der Waals surface area contributed by atoms with Crippen molar-refractivity contribution in [2.45, 2.75) is 6.54 Å². The fourth-order valence-electron chi connectivity index (χ4n) is 2.82. The van der Waals surface area contributed by atoms with Crippen molar-refractivity contribution >= 4 is 47.4 Å². The minimum Gasteiger partial charge on any atom is -0.378 e. The Labute approximate surface area is 159 Å². The van der Waals surface area contributed by atoms with Gasteiger partial charge in [-0.2, -0.15) is 11.8 Å². The molecule has 2 fully saturated rings. The monoisotopic (exact) mass is 448 g/mol. The summed E-state index contributed by atoms with van der Waals surface area (Å²) in [6.07, 6.45) is 0. The molecule has 128 valence electrons. The lowest BCUT2D eigenvalue weighted by atomic mass is 10.1. The zero-order valence-electron chi connectivity index (χ0n) is 13.3. The van der Waals surface area contributed by atoms with Gasteiger partial charge in [0, 0.05) is 43.4 Å². The Morgan fingerprint density at radius 1 is 1.13 bits per heavy atom. The lowest BCUT2D eigenvalue weighted by Gasteiger charge is -2.30. The number of benzene rings is 1. The van der Waals surface area contributed by atoms with Gasteiger partial charge in [0.25, 0.3) is 0 Å². The number of hydrogen-bond donors (Lipinski definition) is 1. The van der Waals surface area contributed by atoms with Gasteiger partial charge in [0.15, 0.2) is 5.96 Å². The maximum atomic E-state index is 6.16. The first-order valence-electron chi connectivity index (χ1n) is 7.88. The number of halogens is 1. The van der Waals surface area contributed by atoms with Crippen LogP contribution in [0.5, 0.6) is 0 Å². The normalized spacial score (nSPS) is 19.4. The zero-order chi connectivity index (χ0) is 15.2. The van der Waals surface area contributed by atoms with E-state index in [-0.39, 0.29) is 24.0 Å². The number of ether oxygens (including phenoxy) is 1. The van der Waals surface area contributed by atoms with Crippen molar-refractivity contribution in [1.82, 2.24) is 4.90 Å². The predicted octanol–water partition coefficient (Wildman–Crippen LogP) is 2.00. The number of nitrogens with zero attached hydrogens (tertiary/aromatic N) is 3. The highest BCUT2D eigenvalue weighted by molar-refractivity contribution is 14.0. The number of aliphatic imine (C=N–C) groups is 1. The second kappa shape index (κ2) is 9.58. The van der Waals surface area contributed by atoms with Gasteiger partial charge < -0.3 is 20.3 Å². The van der Waals surface area contributed by atoms with E-state index in [1.165, 1.54) is 11.3 Å². The van der Waals surface area contributed by atoms with E-state index in [1.807, 2.05) is 11.8 Å². The van der Waals surface area contributed by atoms with Crippen LogP contribution in [-0.4, -0.2) is 61.8 Å². The summed E-state index contributed by atoms with van der Waals surface area (Å²) >= 11 is 1.98. The van der Waals surface area contributed by atoms with Gasteiger partial charge >= 0.3 is 0 Å². The molecule has 0 spiro atoms. The molecule has 1 aromatic rings. The van der Waals surface area contributed by atoms with E-state index in [9.17, 15) is 0 Å². The van der Waals surface area contributed by atoms with Gasteiger partial charge in [0.2, 0.25) is 0 Å². The lowest BCUT2D eigenvalue weighted by molar-refractivity contribution is 0.122. The molecule has 0 radical (unpaired) electrons. The van der Waals surface area contributed by atoms with Gasteiger partial charge in [0.05, 0.1) is 19.8 Å². The summed E-state index contributed by atoms with van der Waals surface area (Å²) in [5.41, 5.74) is 8.65. The number of morpholine rings is 1. The van der Waals surface area contributed by atoms with Crippen molar-refractivity contribution in [2.75, 3.05) is 55.8 Å². The lowest BCUT2D eigenvalue weighted by Crippen LogP contribution is -2.42. The van der Waals surface area contributed by atoms with E-state index in [2.05, 4.69) is 39.1 Å². The van der Waals surface area contributed by atoms with Crippen LogP contribution in [0.25, 0.3) is 0 Å². The topological polar surface area (TPSA) is 54.1 Å². The maximum absolute atomic E-state index is 6.16. The van der Waals surface area contributed by atoms with Crippen LogP contribution in [-0.2, 0) is 11.3 Å². The number of nitrogens with two attached hydrogens (primary N) is 1. The van der Waals surface area contributed by atoms with E-state index in [1.54, 1.807) is 0 Å². The SMILES string of the molecule is I.NC(=NCc1ccccc1N1CCOCC1)N1CCSCC1. The van der Waals surface area contributed by atoms with Crippen molar-refractivity contribution in [2.24, 2.45) is 10.7 Å². The van der Waals surface area contributed by atoms with E-state index >= 15 is 0 Å². The number of para-hydroxylation sites is 1. The van der Waals surface area contributed by atoms with Crippen LogP contribution in [0.15, 0.2) is 29.3 Å². The predicted molar refractivity (Wildman–Crippen MR) is 109 cm³/mol. The van der Waals surface area contributed by atoms with Gasteiger partial charge in [0.1, 0.15) is 0 Å². The van der Waals surface area contributed by atoms with Crippen LogP contribution in [0.1, 0.15) is 5.56 Å². The van der Waals surface area contributed by atoms with E-state index in [0.717, 1.165) is 50.9 Å². The Bertz CT molecular complexity index is 517. The van der Waals surface area contributed by atoms with Crippen LogP contribution in [0.4, 0.5) is 5.69 Å². The molecule has 1 aromatic carbocycles. The molecule has 3 rings (SSSR count). The average molecular weight is 448 g/mol. The molecule has 2 heterocycles. The summed E-state index contributed by atoms with van der Waals surface area (Å²) < 4.78 is 5.44. The summed E-state index contributed by atoms with van der Waals surface area (Å²) in [4.78, 5) is 9.19. The number of guanidine groups is 1.